The molecule has 162 valence electrons. The molecule has 1 amide bonds. The van der Waals surface area contributed by atoms with Crippen molar-refractivity contribution in [3.8, 4) is 0 Å². The molecule has 0 spiro atoms. The largest absolute Gasteiger partial charge is 0.452 e. The zero-order chi connectivity index (χ0) is 22.5. The number of halogens is 3. The molecule has 0 bridgehead atoms. The van der Waals surface area contributed by atoms with E-state index in [0.717, 1.165) is 34.6 Å². The molecule has 7 nitrogen and oxygen atoms in total. The molecule has 0 aliphatic heterocycles. The standard InChI is InChI=1S/C19H19F3N2O5S/c1-3-24(4-2)30(27,28)17-7-12(5-6-16(17)22)19(26)29-11-18(25)23-15-9-13(20)8-14(21)10-15/h5-10H,3-4,11H2,1-2H3,(H,23,25). The number of esters is 1. The molecule has 30 heavy (non-hydrogen) atoms. The number of anilines is 1. The predicted octanol–water partition coefficient (Wildman–Crippen LogP) is 2.93. The van der Waals surface area contributed by atoms with Crippen molar-refractivity contribution in [2.45, 2.75) is 18.7 Å². The van der Waals surface area contributed by atoms with Gasteiger partial charge in [0, 0.05) is 24.8 Å². The highest BCUT2D eigenvalue weighted by atomic mass is 32.2. The van der Waals surface area contributed by atoms with Crippen molar-refractivity contribution < 1.29 is 35.9 Å². The maximum atomic E-state index is 14.1. The van der Waals surface area contributed by atoms with Crippen LogP contribution in [0, 0.1) is 17.5 Å². The molecule has 1 N–H and O–H groups in total. The van der Waals surface area contributed by atoms with Gasteiger partial charge in [-0.1, -0.05) is 13.8 Å². The van der Waals surface area contributed by atoms with Crippen molar-refractivity contribution >= 4 is 27.6 Å². The van der Waals surface area contributed by atoms with E-state index in [1.807, 2.05) is 0 Å². The van der Waals surface area contributed by atoms with Gasteiger partial charge in [-0.15, -0.1) is 0 Å². The van der Waals surface area contributed by atoms with Gasteiger partial charge in [-0.2, -0.15) is 4.31 Å². The van der Waals surface area contributed by atoms with Gasteiger partial charge < -0.3 is 10.1 Å². The van der Waals surface area contributed by atoms with Crippen LogP contribution in [0.5, 0.6) is 0 Å². The number of nitrogens with zero attached hydrogens (tertiary/aromatic N) is 1. The molecule has 0 aromatic heterocycles. The van der Waals surface area contributed by atoms with Crippen molar-refractivity contribution in [3.05, 3.63) is 59.4 Å². The highest BCUT2D eigenvalue weighted by molar-refractivity contribution is 7.89. The van der Waals surface area contributed by atoms with Crippen LogP contribution < -0.4 is 5.32 Å². The minimum absolute atomic E-state index is 0.105. The molecule has 0 aliphatic carbocycles. The van der Waals surface area contributed by atoms with Gasteiger partial charge >= 0.3 is 5.97 Å². The van der Waals surface area contributed by atoms with Crippen LogP contribution in [0.15, 0.2) is 41.3 Å². The molecule has 0 unspecified atom stereocenters. The lowest BCUT2D eigenvalue weighted by Gasteiger charge is -2.19. The zero-order valence-corrected chi connectivity index (χ0v) is 16.9. The third kappa shape index (κ3) is 5.57. The topological polar surface area (TPSA) is 92.8 Å². The van der Waals surface area contributed by atoms with Gasteiger partial charge in [0.05, 0.1) is 5.56 Å². The first kappa shape index (κ1) is 23.4. The van der Waals surface area contributed by atoms with Crippen molar-refractivity contribution in [2.75, 3.05) is 25.0 Å². The maximum Gasteiger partial charge on any atom is 0.338 e. The van der Waals surface area contributed by atoms with Gasteiger partial charge in [0.15, 0.2) is 6.61 Å². The number of rotatable bonds is 8. The number of carbonyl (C=O) groups excluding carboxylic acids is 2. The molecule has 0 saturated heterocycles. The SMILES string of the molecule is CCN(CC)S(=O)(=O)c1cc(C(=O)OCC(=O)Nc2cc(F)cc(F)c2)ccc1F. The Kier molecular flexibility index (Phi) is 7.57. The van der Waals surface area contributed by atoms with Crippen LogP contribution in [0.2, 0.25) is 0 Å². The van der Waals surface area contributed by atoms with Crippen molar-refractivity contribution in [1.29, 1.82) is 0 Å². The molecular weight excluding hydrogens is 425 g/mol. The Morgan fingerprint density at radius 3 is 2.17 bits per heavy atom. The van der Waals surface area contributed by atoms with E-state index in [1.165, 1.54) is 0 Å². The van der Waals surface area contributed by atoms with E-state index in [9.17, 15) is 31.2 Å². The molecule has 2 aromatic carbocycles. The fourth-order valence-electron chi connectivity index (χ4n) is 2.57. The second-order valence-electron chi connectivity index (χ2n) is 6.02. The number of sulfonamides is 1. The summed E-state index contributed by atoms with van der Waals surface area (Å²) >= 11 is 0. The summed E-state index contributed by atoms with van der Waals surface area (Å²) in [6.07, 6.45) is 0. The number of nitrogens with one attached hydrogen (secondary N) is 1. The first-order chi connectivity index (χ1) is 14.1. The van der Waals surface area contributed by atoms with E-state index in [1.54, 1.807) is 13.8 Å². The Balaban J connectivity index is 2.11. The molecule has 2 rings (SSSR count). The average Bonchev–Trinajstić information content (AvgIpc) is 2.66. The van der Waals surface area contributed by atoms with Crippen LogP contribution in [-0.2, 0) is 19.6 Å². The smallest absolute Gasteiger partial charge is 0.338 e. The Hall–Kier alpha value is -2.92. The van der Waals surface area contributed by atoms with Crippen LogP contribution in [0.4, 0.5) is 18.9 Å². The van der Waals surface area contributed by atoms with Gasteiger partial charge in [0.25, 0.3) is 5.91 Å². The van der Waals surface area contributed by atoms with Gasteiger partial charge in [-0.05, 0) is 30.3 Å². The van der Waals surface area contributed by atoms with Crippen LogP contribution >= 0.6 is 0 Å². The molecule has 0 fully saturated rings. The van der Waals surface area contributed by atoms with Crippen molar-refractivity contribution in [3.63, 3.8) is 0 Å². The molecule has 2 aromatic rings. The Bertz CT molecular complexity index is 1040. The van der Waals surface area contributed by atoms with Crippen molar-refractivity contribution in [2.24, 2.45) is 0 Å². The highest BCUT2D eigenvalue weighted by Gasteiger charge is 2.26. The third-order valence-electron chi connectivity index (χ3n) is 3.97. The van der Waals surface area contributed by atoms with E-state index in [-0.39, 0.29) is 24.3 Å². The summed E-state index contributed by atoms with van der Waals surface area (Å²) in [5, 5.41) is 2.15. The van der Waals surface area contributed by atoms with Gasteiger partial charge in [-0.3, -0.25) is 4.79 Å². The fourth-order valence-corrected chi connectivity index (χ4v) is 4.12. The summed E-state index contributed by atoms with van der Waals surface area (Å²) in [6, 6.07) is 5.00. The molecule has 0 aliphatic rings. The first-order valence-corrected chi connectivity index (χ1v) is 10.2. The van der Waals surface area contributed by atoms with Gasteiger partial charge in [-0.25, -0.2) is 26.4 Å². The summed E-state index contributed by atoms with van der Waals surface area (Å²) in [5.74, 6) is -4.81. The Labute approximate surface area is 171 Å². The van der Waals surface area contributed by atoms with Gasteiger partial charge in [0.2, 0.25) is 10.0 Å². The molecule has 0 saturated carbocycles. The first-order valence-electron chi connectivity index (χ1n) is 8.81. The van der Waals surface area contributed by atoms with Crippen LogP contribution in [0.3, 0.4) is 0 Å². The van der Waals surface area contributed by atoms with E-state index in [0.29, 0.717) is 6.07 Å². The van der Waals surface area contributed by atoms with E-state index < -0.39 is 50.9 Å². The molecule has 11 heteroatoms. The van der Waals surface area contributed by atoms with Crippen molar-refractivity contribution in [1.82, 2.24) is 4.31 Å². The third-order valence-corrected chi connectivity index (χ3v) is 6.04. The number of hydrogen-bond donors (Lipinski definition) is 1. The summed E-state index contributed by atoms with van der Waals surface area (Å²) in [7, 11) is -4.17. The maximum absolute atomic E-state index is 14.1. The number of hydrogen-bond acceptors (Lipinski definition) is 5. The lowest BCUT2D eigenvalue weighted by Crippen LogP contribution is -2.31. The quantitative estimate of drug-likeness (QED) is 0.632. The minimum atomic E-state index is -4.17. The number of amides is 1. The second kappa shape index (κ2) is 9.72. The Morgan fingerprint density at radius 2 is 1.60 bits per heavy atom. The van der Waals surface area contributed by atoms with Crippen LogP contribution in [-0.4, -0.2) is 44.3 Å². The van der Waals surface area contributed by atoms with Crippen LogP contribution in [0.1, 0.15) is 24.2 Å². The second-order valence-corrected chi connectivity index (χ2v) is 7.92. The molecule has 0 atom stereocenters. The lowest BCUT2D eigenvalue weighted by molar-refractivity contribution is -0.119. The highest BCUT2D eigenvalue weighted by Crippen LogP contribution is 2.21. The number of benzene rings is 2. The fraction of sp³-hybridized carbons (Fsp3) is 0.263. The average molecular weight is 444 g/mol. The van der Waals surface area contributed by atoms with Gasteiger partial charge in [0.1, 0.15) is 22.3 Å². The lowest BCUT2D eigenvalue weighted by atomic mass is 10.2. The van der Waals surface area contributed by atoms with Crippen LogP contribution in [0.25, 0.3) is 0 Å². The van der Waals surface area contributed by atoms with E-state index in [4.69, 9.17) is 4.74 Å². The number of ether oxygens (including phenoxy) is 1. The predicted molar refractivity (Wildman–Crippen MR) is 102 cm³/mol. The number of carbonyl (C=O) groups is 2. The van der Waals surface area contributed by atoms with E-state index >= 15 is 0 Å². The summed E-state index contributed by atoms with van der Waals surface area (Å²) in [6.45, 7) is 2.56. The molecule has 0 heterocycles. The normalized spacial score (nSPS) is 11.4. The molecular formula is C19H19F3N2O5S. The Morgan fingerprint density at radius 1 is 1.00 bits per heavy atom. The monoisotopic (exact) mass is 444 g/mol. The summed E-state index contributed by atoms with van der Waals surface area (Å²) < 4.78 is 71.2. The molecule has 0 radical (unpaired) electrons. The minimum Gasteiger partial charge on any atom is -0.452 e. The summed E-state index contributed by atoms with van der Waals surface area (Å²) in [4.78, 5) is 23.3. The summed E-state index contributed by atoms with van der Waals surface area (Å²) in [5.41, 5.74) is -0.463. The van der Waals surface area contributed by atoms with E-state index in [2.05, 4.69) is 5.32 Å². The zero-order valence-electron chi connectivity index (χ0n) is 16.1.